The van der Waals surface area contributed by atoms with Gasteiger partial charge in [0.05, 0.1) is 7.11 Å². The molecule has 1 aliphatic heterocycles. The number of carbonyl (C=O) groups is 1. The highest BCUT2D eigenvalue weighted by atomic mass is 16.5. The number of aromatic nitrogens is 1. The number of aliphatic hydroxyl groups excluding tert-OH is 1. The van der Waals surface area contributed by atoms with Crippen molar-refractivity contribution in [3.05, 3.63) is 65.3 Å². The molecule has 1 N–H and O–H groups in total. The number of carbonyl (C=O) groups excluding carboxylic acids is 1. The van der Waals surface area contributed by atoms with E-state index in [-0.39, 0.29) is 5.76 Å². The minimum atomic E-state index is -0.833. The third-order valence-electron chi connectivity index (χ3n) is 4.87. The minimum Gasteiger partial charge on any atom is -0.507 e. The maximum Gasteiger partial charge on any atom is 0.178 e. The summed E-state index contributed by atoms with van der Waals surface area (Å²) in [5.74, 6) is 1.54. The summed E-state index contributed by atoms with van der Waals surface area (Å²) in [6.45, 7) is 3.40. The molecule has 0 saturated carbocycles. The molecular weight excluding hydrogens is 358 g/mol. The molecule has 3 aromatic rings. The molecule has 0 bridgehead atoms. The van der Waals surface area contributed by atoms with Crippen LogP contribution < -0.4 is 4.74 Å². The number of fused-ring (bicyclic) bond motifs is 1. The number of aliphatic hydroxyl groups is 1. The molecule has 3 heterocycles. The fraction of sp³-hybridized carbons (Fsp3) is 0.182. The molecule has 0 fully saturated rings. The van der Waals surface area contributed by atoms with Gasteiger partial charge in [0.15, 0.2) is 23.9 Å². The molecular formula is C22H19NO5. The van der Waals surface area contributed by atoms with Crippen molar-refractivity contribution in [3.63, 3.8) is 0 Å². The number of pyridine rings is 1. The van der Waals surface area contributed by atoms with Gasteiger partial charge in [-0.3, -0.25) is 9.78 Å². The lowest BCUT2D eigenvalue weighted by Crippen LogP contribution is -2.22. The van der Waals surface area contributed by atoms with Crippen LogP contribution in [-0.2, 0) is 9.53 Å². The van der Waals surface area contributed by atoms with Crippen molar-refractivity contribution >= 4 is 23.0 Å². The molecule has 0 radical (unpaired) electrons. The Morgan fingerprint density at radius 2 is 2.04 bits per heavy atom. The first-order valence-corrected chi connectivity index (χ1v) is 8.79. The second-order valence-electron chi connectivity index (χ2n) is 6.58. The van der Waals surface area contributed by atoms with Gasteiger partial charge >= 0.3 is 0 Å². The highest BCUT2D eigenvalue weighted by molar-refractivity contribution is 5.87. The van der Waals surface area contributed by atoms with Crippen molar-refractivity contribution in [1.29, 1.82) is 0 Å². The van der Waals surface area contributed by atoms with Crippen LogP contribution in [0, 0.1) is 0 Å². The maximum atomic E-state index is 11.3. The molecule has 0 amide bonds. The third-order valence-corrected chi connectivity index (χ3v) is 4.87. The molecule has 0 spiro atoms. The predicted molar refractivity (Wildman–Crippen MR) is 105 cm³/mol. The van der Waals surface area contributed by atoms with Gasteiger partial charge in [-0.1, -0.05) is 0 Å². The molecule has 1 aromatic carbocycles. The summed E-state index contributed by atoms with van der Waals surface area (Å²) in [5.41, 5.74) is 3.29. The standard InChI is InChI=1S/C22H19NO5/c1-12-19(11-24)28-22(13(2)21(12)25)18-10-15-9-14(6-7-16(15)27-18)20-17(26-3)5-4-8-23-20/h4-11,19,25H,1-3H3. The monoisotopic (exact) mass is 377 g/mol. The predicted octanol–water partition coefficient (Wildman–Crippen LogP) is 4.66. The van der Waals surface area contributed by atoms with Crippen LogP contribution in [0.4, 0.5) is 0 Å². The van der Waals surface area contributed by atoms with Gasteiger partial charge in [-0.05, 0) is 50.2 Å². The molecule has 6 nitrogen and oxygen atoms in total. The SMILES string of the molecule is COc1cccnc1-c1ccc2oc(C3=C(C)C(O)=C(C)C(C=O)O3)cc2c1. The summed E-state index contributed by atoms with van der Waals surface area (Å²) in [6.07, 6.45) is 1.54. The molecule has 142 valence electrons. The topological polar surface area (TPSA) is 81.8 Å². The molecule has 1 atom stereocenters. The largest absolute Gasteiger partial charge is 0.507 e. The summed E-state index contributed by atoms with van der Waals surface area (Å²) >= 11 is 0. The first-order chi connectivity index (χ1) is 13.5. The molecule has 1 aliphatic rings. The van der Waals surface area contributed by atoms with E-state index in [4.69, 9.17) is 13.9 Å². The van der Waals surface area contributed by atoms with Gasteiger partial charge in [0.25, 0.3) is 0 Å². The number of nitrogens with zero attached hydrogens (tertiary/aromatic N) is 1. The van der Waals surface area contributed by atoms with Gasteiger partial charge in [0.2, 0.25) is 0 Å². The molecule has 28 heavy (non-hydrogen) atoms. The zero-order chi connectivity index (χ0) is 19.8. The van der Waals surface area contributed by atoms with Gasteiger partial charge in [0, 0.05) is 28.3 Å². The molecule has 6 heteroatoms. The van der Waals surface area contributed by atoms with Crippen LogP contribution in [0.3, 0.4) is 0 Å². The second kappa shape index (κ2) is 6.88. The van der Waals surface area contributed by atoms with Crippen LogP contribution in [-0.4, -0.2) is 29.6 Å². The number of benzene rings is 1. The average molecular weight is 377 g/mol. The van der Waals surface area contributed by atoms with Crippen molar-refractivity contribution in [3.8, 4) is 17.0 Å². The van der Waals surface area contributed by atoms with Gasteiger partial charge in [-0.15, -0.1) is 0 Å². The molecule has 0 saturated heterocycles. The Morgan fingerprint density at radius 1 is 1.21 bits per heavy atom. The Bertz CT molecular complexity index is 1140. The molecule has 1 unspecified atom stereocenters. The Labute approximate surface area is 161 Å². The van der Waals surface area contributed by atoms with E-state index in [1.165, 1.54) is 0 Å². The smallest absolute Gasteiger partial charge is 0.178 e. The highest BCUT2D eigenvalue weighted by Crippen LogP contribution is 2.37. The lowest BCUT2D eigenvalue weighted by molar-refractivity contribution is -0.113. The number of methoxy groups -OCH3 is 1. The summed E-state index contributed by atoms with van der Waals surface area (Å²) in [4.78, 5) is 15.7. The third kappa shape index (κ3) is 2.83. The van der Waals surface area contributed by atoms with Crippen molar-refractivity contribution in [2.45, 2.75) is 20.0 Å². The lowest BCUT2D eigenvalue weighted by Gasteiger charge is -2.24. The van der Waals surface area contributed by atoms with Crippen LogP contribution in [0.5, 0.6) is 5.75 Å². The van der Waals surface area contributed by atoms with Crippen LogP contribution >= 0.6 is 0 Å². The molecule has 2 aromatic heterocycles. The van der Waals surface area contributed by atoms with E-state index in [0.29, 0.717) is 40.3 Å². The van der Waals surface area contributed by atoms with Gasteiger partial charge in [-0.2, -0.15) is 0 Å². The lowest BCUT2D eigenvalue weighted by atomic mass is 10.0. The zero-order valence-corrected chi connectivity index (χ0v) is 15.7. The number of hydrogen-bond donors (Lipinski definition) is 1. The summed E-state index contributed by atoms with van der Waals surface area (Å²) in [7, 11) is 1.61. The molecule has 4 rings (SSSR count). The Hall–Kier alpha value is -3.54. The highest BCUT2D eigenvalue weighted by Gasteiger charge is 2.28. The van der Waals surface area contributed by atoms with E-state index in [9.17, 15) is 9.90 Å². The second-order valence-corrected chi connectivity index (χ2v) is 6.58. The normalized spacial score (nSPS) is 17.0. The molecule has 0 aliphatic carbocycles. The maximum absolute atomic E-state index is 11.3. The van der Waals surface area contributed by atoms with E-state index in [2.05, 4.69) is 4.98 Å². The van der Waals surface area contributed by atoms with Crippen molar-refractivity contribution in [1.82, 2.24) is 4.98 Å². The average Bonchev–Trinajstić information content (AvgIpc) is 3.15. The van der Waals surface area contributed by atoms with E-state index in [1.54, 1.807) is 27.2 Å². The quantitative estimate of drug-likeness (QED) is 0.666. The van der Waals surface area contributed by atoms with E-state index in [0.717, 1.165) is 16.6 Å². The van der Waals surface area contributed by atoms with Crippen molar-refractivity contribution < 1.29 is 23.8 Å². The Morgan fingerprint density at radius 3 is 2.79 bits per heavy atom. The number of rotatable bonds is 4. The van der Waals surface area contributed by atoms with Crippen LogP contribution in [0.2, 0.25) is 0 Å². The number of ether oxygens (including phenoxy) is 2. The van der Waals surface area contributed by atoms with Gasteiger partial charge in [0.1, 0.15) is 22.8 Å². The van der Waals surface area contributed by atoms with E-state index in [1.807, 2.05) is 36.4 Å². The van der Waals surface area contributed by atoms with Crippen molar-refractivity contribution in [2.24, 2.45) is 0 Å². The van der Waals surface area contributed by atoms with Crippen LogP contribution in [0.1, 0.15) is 19.6 Å². The summed E-state index contributed by atoms with van der Waals surface area (Å²) in [5, 5.41) is 11.2. The fourth-order valence-corrected chi connectivity index (χ4v) is 3.29. The van der Waals surface area contributed by atoms with E-state index < -0.39 is 6.10 Å². The zero-order valence-electron chi connectivity index (χ0n) is 15.7. The Kier molecular flexibility index (Phi) is 4.39. The van der Waals surface area contributed by atoms with Crippen LogP contribution in [0.15, 0.2) is 63.9 Å². The van der Waals surface area contributed by atoms with Gasteiger partial charge in [-0.25, -0.2) is 0 Å². The first kappa shape index (κ1) is 17.9. The number of allylic oxidation sites excluding steroid dienone is 1. The Balaban J connectivity index is 1.80. The number of hydrogen-bond acceptors (Lipinski definition) is 6. The van der Waals surface area contributed by atoms with Crippen molar-refractivity contribution in [2.75, 3.05) is 7.11 Å². The van der Waals surface area contributed by atoms with Gasteiger partial charge < -0.3 is 19.0 Å². The van der Waals surface area contributed by atoms with E-state index >= 15 is 0 Å². The summed E-state index contributed by atoms with van der Waals surface area (Å²) < 4.78 is 17.1. The fourth-order valence-electron chi connectivity index (χ4n) is 3.29. The number of aldehydes is 1. The number of furan rings is 1. The van der Waals surface area contributed by atoms with Crippen LogP contribution in [0.25, 0.3) is 28.0 Å². The summed E-state index contributed by atoms with van der Waals surface area (Å²) in [6, 6.07) is 11.2. The first-order valence-electron chi connectivity index (χ1n) is 8.79. The minimum absolute atomic E-state index is 0.0534.